The third-order valence-corrected chi connectivity index (χ3v) is 3.52. The number of piperazine rings is 1. The number of hydrogen-bond acceptors (Lipinski definition) is 4. The zero-order chi connectivity index (χ0) is 13.0. The minimum atomic E-state index is 0.491. The summed E-state index contributed by atoms with van der Waals surface area (Å²) in [6, 6.07) is 8.76. The van der Waals surface area contributed by atoms with E-state index in [1.54, 1.807) is 7.11 Å². The van der Waals surface area contributed by atoms with Crippen molar-refractivity contribution in [3.05, 3.63) is 24.3 Å². The molecule has 100 valence electrons. The molecule has 0 amide bonds. The van der Waals surface area contributed by atoms with Crippen LogP contribution in [0.2, 0.25) is 0 Å². The molecule has 4 heteroatoms. The molecule has 1 aliphatic rings. The topological polar surface area (TPSA) is 27.7 Å². The summed E-state index contributed by atoms with van der Waals surface area (Å²) in [5.74, 6) is 0.961. The maximum absolute atomic E-state index is 5.48. The Hall–Kier alpha value is -1.26. The van der Waals surface area contributed by atoms with Crippen LogP contribution < -0.4 is 15.0 Å². The highest BCUT2D eigenvalue weighted by molar-refractivity contribution is 5.59. The smallest absolute Gasteiger partial charge is 0.142 e. The fraction of sp³-hybridized carbons (Fsp3) is 0.571. The van der Waals surface area contributed by atoms with Gasteiger partial charge >= 0.3 is 0 Å². The van der Waals surface area contributed by atoms with Crippen molar-refractivity contribution >= 4 is 5.69 Å². The van der Waals surface area contributed by atoms with Crippen LogP contribution in [0.5, 0.6) is 5.75 Å². The summed E-state index contributed by atoms with van der Waals surface area (Å²) >= 11 is 0. The van der Waals surface area contributed by atoms with Crippen LogP contribution in [0.4, 0.5) is 5.69 Å². The van der Waals surface area contributed by atoms with Crippen LogP contribution in [-0.2, 0) is 0 Å². The number of rotatable bonds is 4. The van der Waals surface area contributed by atoms with Crippen molar-refractivity contribution < 1.29 is 4.74 Å². The Morgan fingerprint density at radius 1 is 1.33 bits per heavy atom. The first-order valence-electron chi connectivity index (χ1n) is 6.49. The van der Waals surface area contributed by atoms with Crippen LogP contribution in [0.3, 0.4) is 0 Å². The number of nitrogens with one attached hydrogen (secondary N) is 1. The molecule has 0 aliphatic carbocycles. The van der Waals surface area contributed by atoms with E-state index in [4.69, 9.17) is 4.74 Å². The normalized spacial score (nSPS) is 21.1. The van der Waals surface area contributed by atoms with Gasteiger partial charge in [-0.15, -0.1) is 0 Å². The summed E-state index contributed by atoms with van der Waals surface area (Å²) in [5.41, 5.74) is 1.20. The number of benzene rings is 1. The molecule has 1 fully saturated rings. The molecule has 0 spiro atoms. The molecule has 4 nitrogen and oxygen atoms in total. The van der Waals surface area contributed by atoms with Crippen LogP contribution in [-0.4, -0.2) is 58.3 Å². The van der Waals surface area contributed by atoms with Crippen LogP contribution in [0.15, 0.2) is 24.3 Å². The van der Waals surface area contributed by atoms with Crippen molar-refractivity contribution in [1.82, 2.24) is 10.2 Å². The molecule has 18 heavy (non-hydrogen) atoms. The summed E-state index contributed by atoms with van der Waals surface area (Å²) in [6.45, 7) is 4.21. The van der Waals surface area contributed by atoms with Gasteiger partial charge in [-0.3, -0.25) is 0 Å². The highest BCUT2D eigenvalue weighted by Crippen LogP contribution is 2.30. The van der Waals surface area contributed by atoms with Crippen molar-refractivity contribution in [3.8, 4) is 5.75 Å². The molecule has 0 bridgehead atoms. The Bertz CT molecular complexity index is 383. The van der Waals surface area contributed by atoms with E-state index >= 15 is 0 Å². The van der Waals surface area contributed by atoms with E-state index < -0.39 is 0 Å². The summed E-state index contributed by atoms with van der Waals surface area (Å²) in [7, 11) is 5.93. The first-order chi connectivity index (χ1) is 8.76. The van der Waals surface area contributed by atoms with Gasteiger partial charge < -0.3 is 19.9 Å². The van der Waals surface area contributed by atoms with E-state index in [1.165, 1.54) is 5.69 Å². The molecule has 1 aliphatic heterocycles. The van der Waals surface area contributed by atoms with E-state index in [0.717, 1.165) is 31.9 Å². The third-order valence-electron chi connectivity index (χ3n) is 3.52. The molecule has 1 N–H and O–H groups in total. The number of nitrogens with zero attached hydrogens (tertiary/aromatic N) is 2. The van der Waals surface area contributed by atoms with Gasteiger partial charge in [0.15, 0.2) is 0 Å². The fourth-order valence-electron chi connectivity index (χ4n) is 2.61. The molecule has 1 heterocycles. The highest BCUT2D eigenvalue weighted by Gasteiger charge is 2.26. The zero-order valence-electron chi connectivity index (χ0n) is 11.5. The van der Waals surface area contributed by atoms with E-state index in [-0.39, 0.29) is 0 Å². The molecule has 0 saturated carbocycles. The average molecular weight is 249 g/mol. The van der Waals surface area contributed by atoms with Gasteiger partial charge in [-0.05, 0) is 26.2 Å². The van der Waals surface area contributed by atoms with E-state index in [9.17, 15) is 0 Å². The van der Waals surface area contributed by atoms with Gasteiger partial charge in [0.25, 0.3) is 0 Å². The Kier molecular flexibility index (Phi) is 4.44. The molecule has 1 aromatic carbocycles. The molecular formula is C14H23N3O. The van der Waals surface area contributed by atoms with Gasteiger partial charge in [0.2, 0.25) is 0 Å². The summed E-state index contributed by atoms with van der Waals surface area (Å²) in [6.07, 6.45) is 0. The Morgan fingerprint density at radius 2 is 2.11 bits per heavy atom. The summed E-state index contributed by atoms with van der Waals surface area (Å²) in [5, 5.41) is 3.29. The number of hydrogen-bond donors (Lipinski definition) is 1. The number of methoxy groups -OCH3 is 1. The molecule has 0 aromatic heterocycles. The fourth-order valence-corrected chi connectivity index (χ4v) is 2.61. The molecular weight excluding hydrogens is 226 g/mol. The van der Waals surface area contributed by atoms with Crippen molar-refractivity contribution in [2.45, 2.75) is 6.04 Å². The lowest BCUT2D eigenvalue weighted by Gasteiger charge is -2.42. The standard InChI is InChI=1S/C14H23N3O/c1-15-10-12-11-16(2)8-9-17(12)13-6-4-5-7-14(13)18-3/h4-7,12,15H,8-11H2,1-3H3. The van der Waals surface area contributed by atoms with Crippen molar-refractivity contribution in [2.24, 2.45) is 0 Å². The Morgan fingerprint density at radius 3 is 2.83 bits per heavy atom. The lowest BCUT2D eigenvalue weighted by Crippen LogP contribution is -2.55. The second-order valence-electron chi connectivity index (χ2n) is 4.84. The average Bonchev–Trinajstić information content (AvgIpc) is 2.39. The van der Waals surface area contributed by atoms with Crippen LogP contribution in [0.1, 0.15) is 0 Å². The largest absolute Gasteiger partial charge is 0.495 e. The summed E-state index contributed by atoms with van der Waals surface area (Å²) in [4.78, 5) is 4.84. The van der Waals surface area contributed by atoms with E-state index in [2.05, 4.69) is 34.3 Å². The molecule has 0 radical (unpaired) electrons. The van der Waals surface area contributed by atoms with Gasteiger partial charge in [0, 0.05) is 26.2 Å². The highest BCUT2D eigenvalue weighted by atomic mass is 16.5. The van der Waals surface area contributed by atoms with Gasteiger partial charge in [-0.25, -0.2) is 0 Å². The van der Waals surface area contributed by atoms with E-state index in [0.29, 0.717) is 6.04 Å². The molecule has 1 saturated heterocycles. The number of para-hydroxylation sites is 2. The minimum Gasteiger partial charge on any atom is -0.495 e. The second-order valence-corrected chi connectivity index (χ2v) is 4.84. The van der Waals surface area contributed by atoms with Crippen LogP contribution >= 0.6 is 0 Å². The number of ether oxygens (including phenoxy) is 1. The van der Waals surface area contributed by atoms with Crippen LogP contribution in [0.25, 0.3) is 0 Å². The quantitative estimate of drug-likeness (QED) is 0.863. The number of anilines is 1. The zero-order valence-corrected chi connectivity index (χ0v) is 11.5. The Balaban J connectivity index is 2.23. The van der Waals surface area contributed by atoms with Crippen molar-refractivity contribution in [2.75, 3.05) is 52.3 Å². The molecule has 1 unspecified atom stereocenters. The first-order valence-corrected chi connectivity index (χ1v) is 6.49. The maximum atomic E-state index is 5.48. The summed E-state index contributed by atoms with van der Waals surface area (Å²) < 4.78 is 5.48. The van der Waals surface area contributed by atoms with Gasteiger partial charge in [-0.2, -0.15) is 0 Å². The monoisotopic (exact) mass is 249 g/mol. The maximum Gasteiger partial charge on any atom is 0.142 e. The lowest BCUT2D eigenvalue weighted by molar-refractivity contribution is 0.263. The lowest BCUT2D eigenvalue weighted by atomic mass is 10.1. The van der Waals surface area contributed by atoms with Crippen molar-refractivity contribution in [1.29, 1.82) is 0 Å². The van der Waals surface area contributed by atoms with Gasteiger partial charge in [-0.1, -0.05) is 12.1 Å². The third kappa shape index (κ3) is 2.76. The Labute approximate surface area is 110 Å². The van der Waals surface area contributed by atoms with Gasteiger partial charge in [0.1, 0.15) is 5.75 Å². The second kappa shape index (κ2) is 6.07. The minimum absolute atomic E-state index is 0.491. The van der Waals surface area contributed by atoms with Crippen molar-refractivity contribution in [3.63, 3.8) is 0 Å². The predicted octanol–water partition coefficient (Wildman–Crippen LogP) is 1.03. The molecule has 2 rings (SSSR count). The predicted molar refractivity (Wildman–Crippen MR) is 75.6 cm³/mol. The van der Waals surface area contributed by atoms with Crippen LogP contribution in [0, 0.1) is 0 Å². The van der Waals surface area contributed by atoms with E-state index in [1.807, 2.05) is 19.2 Å². The number of likely N-dealkylation sites (N-methyl/N-ethyl adjacent to an activating group) is 2. The molecule has 1 aromatic rings. The molecule has 1 atom stereocenters. The first kappa shape index (κ1) is 13.2. The van der Waals surface area contributed by atoms with Gasteiger partial charge in [0.05, 0.1) is 18.8 Å². The SMILES string of the molecule is CNCC1CN(C)CCN1c1ccccc1OC.